The van der Waals surface area contributed by atoms with Crippen LogP contribution < -0.4 is 0 Å². The largest absolute Gasteiger partial charge is 0.241 e. The van der Waals surface area contributed by atoms with Crippen LogP contribution in [0.2, 0.25) is 0 Å². The quantitative estimate of drug-likeness (QED) is 0.682. The van der Waals surface area contributed by atoms with Crippen molar-refractivity contribution in [3.05, 3.63) is 46.5 Å². The first-order valence-electron chi connectivity index (χ1n) is 4.59. The van der Waals surface area contributed by atoms with E-state index in [0.717, 1.165) is 16.3 Å². The zero-order chi connectivity index (χ0) is 10.6. The number of aryl methyl sites for hydroxylation is 2. The summed E-state index contributed by atoms with van der Waals surface area (Å²) < 4.78 is 0. The van der Waals surface area contributed by atoms with Crippen LogP contribution in [0.5, 0.6) is 0 Å². The van der Waals surface area contributed by atoms with Crippen molar-refractivity contribution in [2.45, 2.75) is 20.8 Å². The van der Waals surface area contributed by atoms with Crippen LogP contribution in [0.25, 0.3) is 5.57 Å². The average molecular weight is 205 g/mol. The van der Waals surface area contributed by atoms with Crippen LogP contribution in [-0.2, 0) is 0 Å². The fourth-order valence-electron chi connectivity index (χ4n) is 1.02. The monoisotopic (exact) mass is 205 g/mol. The Morgan fingerprint density at radius 3 is 2.57 bits per heavy atom. The third kappa shape index (κ3) is 2.42. The van der Waals surface area contributed by atoms with Crippen molar-refractivity contribution in [3.8, 4) is 0 Å². The SMILES string of the molecule is C=C/C(=C\C=C/C)c1nc(C)c(C)s1. The summed E-state index contributed by atoms with van der Waals surface area (Å²) in [7, 11) is 0. The van der Waals surface area contributed by atoms with Gasteiger partial charge in [-0.25, -0.2) is 4.98 Å². The van der Waals surface area contributed by atoms with E-state index in [1.54, 1.807) is 11.3 Å². The Balaban J connectivity index is 3.07. The summed E-state index contributed by atoms with van der Waals surface area (Å²) >= 11 is 1.71. The van der Waals surface area contributed by atoms with Crippen LogP contribution in [0.3, 0.4) is 0 Å². The van der Waals surface area contributed by atoms with Crippen molar-refractivity contribution in [2.24, 2.45) is 0 Å². The van der Waals surface area contributed by atoms with E-state index in [9.17, 15) is 0 Å². The summed E-state index contributed by atoms with van der Waals surface area (Å²) in [6, 6.07) is 0. The topological polar surface area (TPSA) is 12.9 Å². The fourth-order valence-corrected chi connectivity index (χ4v) is 1.96. The third-order valence-corrected chi connectivity index (χ3v) is 3.09. The molecular formula is C12H15NS. The molecule has 2 heteroatoms. The second kappa shape index (κ2) is 4.91. The summed E-state index contributed by atoms with van der Waals surface area (Å²) in [6.45, 7) is 9.91. The zero-order valence-electron chi connectivity index (χ0n) is 8.87. The van der Waals surface area contributed by atoms with Crippen LogP contribution in [-0.4, -0.2) is 4.98 Å². The number of aromatic nitrogens is 1. The minimum absolute atomic E-state index is 1.05. The first kappa shape index (κ1) is 10.9. The van der Waals surface area contributed by atoms with E-state index in [-0.39, 0.29) is 0 Å². The number of nitrogens with zero attached hydrogens (tertiary/aromatic N) is 1. The van der Waals surface area contributed by atoms with Gasteiger partial charge in [0, 0.05) is 10.5 Å². The summed E-state index contributed by atoms with van der Waals surface area (Å²) in [5, 5.41) is 1.05. The molecule has 0 amide bonds. The molecule has 0 aliphatic carbocycles. The Labute approximate surface area is 89.5 Å². The Hall–Kier alpha value is -1.15. The highest BCUT2D eigenvalue weighted by molar-refractivity contribution is 7.12. The lowest BCUT2D eigenvalue weighted by atomic mass is 10.2. The Bertz CT molecular complexity index is 364. The van der Waals surface area contributed by atoms with Gasteiger partial charge < -0.3 is 0 Å². The molecule has 0 N–H and O–H groups in total. The van der Waals surface area contributed by atoms with Crippen LogP contribution in [0.1, 0.15) is 22.5 Å². The summed E-state index contributed by atoms with van der Waals surface area (Å²) in [5.74, 6) is 0. The molecule has 0 unspecified atom stereocenters. The predicted octanol–water partition coefficient (Wildman–Crippen LogP) is 3.91. The van der Waals surface area contributed by atoms with Crippen molar-refractivity contribution >= 4 is 16.9 Å². The van der Waals surface area contributed by atoms with Gasteiger partial charge in [0.15, 0.2) is 0 Å². The molecule has 0 radical (unpaired) electrons. The molecule has 0 aliphatic rings. The van der Waals surface area contributed by atoms with Crippen molar-refractivity contribution in [2.75, 3.05) is 0 Å². The van der Waals surface area contributed by atoms with Gasteiger partial charge >= 0.3 is 0 Å². The molecule has 14 heavy (non-hydrogen) atoms. The second-order valence-corrected chi connectivity index (χ2v) is 4.22. The van der Waals surface area contributed by atoms with Crippen LogP contribution in [0, 0.1) is 13.8 Å². The fraction of sp³-hybridized carbons (Fsp3) is 0.250. The van der Waals surface area contributed by atoms with Gasteiger partial charge in [-0.05, 0) is 20.8 Å². The molecule has 0 bridgehead atoms. The van der Waals surface area contributed by atoms with Crippen LogP contribution >= 0.6 is 11.3 Å². The molecule has 74 valence electrons. The van der Waals surface area contributed by atoms with E-state index in [2.05, 4.69) is 18.5 Å². The first-order valence-corrected chi connectivity index (χ1v) is 5.40. The smallest absolute Gasteiger partial charge is 0.123 e. The minimum Gasteiger partial charge on any atom is -0.241 e. The molecule has 1 nitrogen and oxygen atoms in total. The molecular weight excluding hydrogens is 190 g/mol. The molecule has 0 saturated carbocycles. The van der Waals surface area contributed by atoms with Gasteiger partial charge in [-0.1, -0.05) is 30.9 Å². The lowest BCUT2D eigenvalue weighted by Gasteiger charge is -1.92. The van der Waals surface area contributed by atoms with Crippen molar-refractivity contribution in [1.29, 1.82) is 0 Å². The molecule has 0 aromatic carbocycles. The Kier molecular flexibility index (Phi) is 3.84. The van der Waals surface area contributed by atoms with Crippen molar-refractivity contribution < 1.29 is 0 Å². The lowest BCUT2D eigenvalue weighted by molar-refractivity contribution is 1.21. The molecule has 1 rings (SSSR count). The maximum absolute atomic E-state index is 4.48. The summed E-state index contributed by atoms with van der Waals surface area (Å²) in [6.07, 6.45) is 7.88. The van der Waals surface area contributed by atoms with Crippen LogP contribution in [0.4, 0.5) is 0 Å². The standard InChI is InChI=1S/C12H15NS/c1-5-7-8-11(6-2)12-13-9(3)10(4)14-12/h5-8H,2H2,1,3-4H3/b7-5-,11-8+. The highest BCUT2D eigenvalue weighted by Crippen LogP contribution is 2.24. The maximum atomic E-state index is 4.48. The second-order valence-electron chi connectivity index (χ2n) is 3.01. The normalized spacial score (nSPS) is 12.4. The summed E-state index contributed by atoms with van der Waals surface area (Å²) in [4.78, 5) is 5.75. The maximum Gasteiger partial charge on any atom is 0.123 e. The number of hydrogen-bond donors (Lipinski definition) is 0. The first-order chi connectivity index (χ1) is 6.69. The van der Waals surface area contributed by atoms with Crippen molar-refractivity contribution in [1.82, 2.24) is 4.98 Å². The zero-order valence-corrected chi connectivity index (χ0v) is 9.69. The number of thiazole rings is 1. The highest BCUT2D eigenvalue weighted by Gasteiger charge is 2.05. The third-order valence-electron chi connectivity index (χ3n) is 1.96. The molecule has 0 spiro atoms. The van der Waals surface area contributed by atoms with Gasteiger partial charge in [-0.2, -0.15) is 0 Å². The van der Waals surface area contributed by atoms with Crippen molar-refractivity contribution in [3.63, 3.8) is 0 Å². The summed E-state index contributed by atoms with van der Waals surface area (Å²) in [5.41, 5.74) is 2.20. The van der Waals surface area contributed by atoms with E-state index >= 15 is 0 Å². The number of rotatable bonds is 3. The van der Waals surface area contributed by atoms with Gasteiger partial charge in [0.2, 0.25) is 0 Å². The molecule has 1 aromatic rings. The molecule has 0 saturated heterocycles. The highest BCUT2D eigenvalue weighted by atomic mass is 32.1. The van der Waals surface area contributed by atoms with Gasteiger partial charge in [0.05, 0.1) is 5.69 Å². The van der Waals surface area contributed by atoms with E-state index < -0.39 is 0 Å². The van der Waals surface area contributed by atoms with E-state index in [0.29, 0.717) is 0 Å². The van der Waals surface area contributed by atoms with E-state index in [1.807, 2.05) is 38.2 Å². The van der Waals surface area contributed by atoms with Gasteiger partial charge in [0.1, 0.15) is 5.01 Å². The molecule has 0 fully saturated rings. The van der Waals surface area contributed by atoms with Gasteiger partial charge in [-0.3, -0.25) is 0 Å². The predicted molar refractivity (Wildman–Crippen MR) is 64.6 cm³/mol. The molecule has 0 atom stereocenters. The molecule has 1 heterocycles. The minimum atomic E-state index is 1.05. The Morgan fingerprint density at radius 1 is 1.43 bits per heavy atom. The average Bonchev–Trinajstić information content (AvgIpc) is 2.48. The van der Waals surface area contributed by atoms with Gasteiger partial charge in [-0.15, -0.1) is 11.3 Å². The Morgan fingerprint density at radius 2 is 2.14 bits per heavy atom. The lowest BCUT2D eigenvalue weighted by Crippen LogP contribution is -1.79. The molecule has 0 aliphatic heterocycles. The van der Waals surface area contributed by atoms with E-state index in [4.69, 9.17) is 0 Å². The van der Waals surface area contributed by atoms with Crippen LogP contribution in [0.15, 0.2) is 30.9 Å². The number of allylic oxidation sites excluding steroid dienone is 5. The molecule has 1 aromatic heterocycles. The van der Waals surface area contributed by atoms with Gasteiger partial charge in [0.25, 0.3) is 0 Å². The van der Waals surface area contributed by atoms with E-state index in [1.165, 1.54) is 4.88 Å². The number of hydrogen-bond acceptors (Lipinski definition) is 2.